The van der Waals surface area contributed by atoms with Gasteiger partial charge in [-0.15, -0.1) is 0 Å². The fourth-order valence-electron chi connectivity index (χ4n) is 2.51. The van der Waals surface area contributed by atoms with Crippen molar-refractivity contribution >= 4 is 37.5 Å². The Kier molecular flexibility index (Phi) is 5.56. The van der Waals surface area contributed by atoms with Crippen LogP contribution >= 0.6 is 11.3 Å². The Morgan fingerprint density at radius 2 is 2.15 bits per heavy atom. The summed E-state index contributed by atoms with van der Waals surface area (Å²) in [5.41, 5.74) is 0.983. The van der Waals surface area contributed by atoms with Crippen LogP contribution in [0.5, 0.6) is 0 Å². The number of aryl methyl sites for hydroxylation is 1. The van der Waals surface area contributed by atoms with Crippen LogP contribution in [0.3, 0.4) is 0 Å². The van der Waals surface area contributed by atoms with Crippen molar-refractivity contribution in [2.75, 3.05) is 13.2 Å². The van der Waals surface area contributed by atoms with Crippen LogP contribution in [0.25, 0.3) is 10.2 Å². The van der Waals surface area contributed by atoms with Gasteiger partial charge in [0.15, 0.2) is 10.5 Å². The van der Waals surface area contributed by atoms with E-state index in [9.17, 15) is 13.2 Å². The number of hydrogen-bond acceptors (Lipinski definition) is 6. The standard InChI is InChI=1S/C16H19N5O4S2/c1-3-25-9-8-21-13-5-4-11(27(17,23)24)10-14(13)26-16(21)18-15(22)12-6-7-20(2)19-12/h4-7,10H,3,8-9H2,1-2H3,(H2,17,23,24). The van der Waals surface area contributed by atoms with E-state index in [1.54, 1.807) is 25.4 Å². The number of carbonyl (C=O) groups excluding carboxylic acids is 1. The molecule has 0 aliphatic heterocycles. The van der Waals surface area contributed by atoms with Gasteiger partial charge >= 0.3 is 0 Å². The Morgan fingerprint density at radius 1 is 1.37 bits per heavy atom. The van der Waals surface area contributed by atoms with Gasteiger partial charge in [-0.25, -0.2) is 13.6 Å². The number of aromatic nitrogens is 3. The van der Waals surface area contributed by atoms with Crippen LogP contribution in [0, 0.1) is 0 Å². The van der Waals surface area contributed by atoms with Crippen molar-refractivity contribution in [2.24, 2.45) is 17.2 Å². The monoisotopic (exact) mass is 409 g/mol. The molecule has 9 nitrogen and oxygen atoms in total. The minimum absolute atomic E-state index is 0.0100. The molecule has 0 bridgehead atoms. The van der Waals surface area contributed by atoms with Crippen LogP contribution in [-0.2, 0) is 28.4 Å². The number of nitrogens with zero attached hydrogens (tertiary/aromatic N) is 4. The number of primary sulfonamides is 1. The second-order valence-electron chi connectivity index (χ2n) is 5.70. The maximum Gasteiger partial charge on any atom is 0.300 e. The van der Waals surface area contributed by atoms with E-state index in [2.05, 4.69) is 10.1 Å². The molecule has 2 heterocycles. The molecular formula is C16H19N5O4S2. The van der Waals surface area contributed by atoms with E-state index < -0.39 is 15.9 Å². The van der Waals surface area contributed by atoms with Crippen molar-refractivity contribution in [2.45, 2.75) is 18.4 Å². The van der Waals surface area contributed by atoms with Crippen LogP contribution in [-0.4, -0.2) is 41.9 Å². The van der Waals surface area contributed by atoms with E-state index in [0.717, 1.165) is 5.52 Å². The third kappa shape index (κ3) is 4.33. The second-order valence-corrected chi connectivity index (χ2v) is 8.27. The van der Waals surface area contributed by atoms with E-state index in [1.807, 2.05) is 11.5 Å². The van der Waals surface area contributed by atoms with Gasteiger partial charge in [0.25, 0.3) is 5.91 Å². The molecule has 1 aromatic carbocycles. The average molecular weight is 409 g/mol. The zero-order valence-corrected chi connectivity index (χ0v) is 16.5. The van der Waals surface area contributed by atoms with E-state index in [4.69, 9.17) is 9.88 Å². The van der Waals surface area contributed by atoms with E-state index >= 15 is 0 Å². The van der Waals surface area contributed by atoms with E-state index in [0.29, 0.717) is 29.3 Å². The van der Waals surface area contributed by atoms with Crippen molar-refractivity contribution in [1.82, 2.24) is 14.3 Å². The van der Waals surface area contributed by atoms with Crippen molar-refractivity contribution < 1.29 is 17.9 Å². The SMILES string of the molecule is CCOCCn1c(=NC(=O)c2ccn(C)n2)sc2cc(S(N)(=O)=O)ccc21. The number of nitrogens with two attached hydrogens (primary N) is 1. The maximum absolute atomic E-state index is 12.4. The van der Waals surface area contributed by atoms with Gasteiger partial charge in [0.2, 0.25) is 10.0 Å². The Hall–Kier alpha value is -2.34. The molecule has 2 aromatic heterocycles. The molecule has 2 N–H and O–H groups in total. The number of sulfonamides is 1. The summed E-state index contributed by atoms with van der Waals surface area (Å²) in [4.78, 5) is 17.0. The molecule has 3 aromatic rings. The van der Waals surface area contributed by atoms with Gasteiger partial charge in [-0.1, -0.05) is 11.3 Å². The van der Waals surface area contributed by atoms with Crippen LogP contribution in [0.2, 0.25) is 0 Å². The summed E-state index contributed by atoms with van der Waals surface area (Å²) in [6.07, 6.45) is 1.66. The lowest BCUT2D eigenvalue weighted by molar-refractivity contribution is 0.0991. The molecule has 0 saturated carbocycles. The molecule has 3 rings (SSSR count). The smallest absolute Gasteiger partial charge is 0.300 e. The Bertz CT molecular complexity index is 1160. The number of rotatable bonds is 6. The van der Waals surface area contributed by atoms with Gasteiger partial charge in [0.1, 0.15) is 0 Å². The number of thiazole rings is 1. The first kappa shape index (κ1) is 19.4. The van der Waals surface area contributed by atoms with Gasteiger partial charge in [0.05, 0.1) is 21.7 Å². The molecule has 0 aliphatic rings. The largest absolute Gasteiger partial charge is 0.380 e. The lowest BCUT2D eigenvalue weighted by Gasteiger charge is -2.05. The van der Waals surface area contributed by atoms with Crippen molar-refractivity contribution in [3.63, 3.8) is 0 Å². The number of hydrogen-bond donors (Lipinski definition) is 1. The van der Waals surface area contributed by atoms with Gasteiger partial charge < -0.3 is 9.30 Å². The summed E-state index contributed by atoms with van der Waals surface area (Å²) in [7, 11) is -2.10. The highest BCUT2D eigenvalue weighted by Gasteiger charge is 2.14. The maximum atomic E-state index is 12.4. The average Bonchev–Trinajstić information content (AvgIpc) is 3.18. The minimum Gasteiger partial charge on any atom is -0.380 e. The van der Waals surface area contributed by atoms with Crippen molar-refractivity contribution in [3.05, 3.63) is 41.0 Å². The Labute approximate surface area is 159 Å². The quantitative estimate of drug-likeness (QED) is 0.605. The first-order valence-corrected chi connectivity index (χ1v) is 10.5. The molecule has 11 heteroatoms. The highest BCUT2D eigenvalue weighted by atomic mass is 32.2. The van der Waals surface area contributed by atoms with Crippen LogP contribution in [0.15, 0.2) is 40.4 Å². The van der Waals surface area contributed by atoms with Crippen molar-refractivity contribution in [3.8, 4) is 0 Å². The molecule has 0 radical (unpaired) electrons. The normalized spacial score (nSPS) is 12.8. The number of fused-ring (bicyclic) bond motifs is 1. The molecule has 27 heavy (non-hydrogen) atoms. The highest BCUT2D eigenvalue weighted by Crippen LogP contribution is 2.21. The first-order chi connectivity index (χ1) is 12.8. The van der Waals surface area contributed by atoms with Crippen molar-refractivity contribution in [1.29, 1.82) is 0 Å². The second kappa shape index (κ2) is 7.72. The third-order valence-corrected chi connectivity index (χ3v) is 5.73. The van der Waals surface area contributed by atoms with E-state index in [1.165, 1.54) is 28.2 Å². The molecule has 0 unspecified atom stereocenters. The summed E-state index contributed by atoms with van der Waals surface area (Å²) in [6, 6.07) is 6.16. The molecule has 0 spiro atoms. The molecule has 144 valence electrons. The van der Waals surface area contributed by atoms with Gasteiger partial charge in [-0.2, -0.15) is 10.1 Å². The number of carbonyl (C=O) groups is 1. The topological polar surface area (TPSA) is 122 Å². The summed E-state index contributed by atoms with van der Waals surface area (Å²) >= 11 is 1.21. The van der Waals surface area contributed by atoms with Gasteiger partial charge in [-0.3, -0.25) is 9.48 Å². The molecule has 1 amide bonds. The first-order valence-electron chi connectivity index (χ1n) is 8.12. The lowest BCUT2D eigenvalue weighted by Crippen LogP contribution is -2.20. The summed E-state index contributed by atoms with van der Waals surface area (Å²) < 4.78 is 32.6. The third-order valence-electron chi connectivity index (χ3n) is 3.78. The molecule has 0 aliphatic carbocycles. The Balaban J connectivity index is 2.12. The number of benzene rings is 1. The fraction of sp³-hybridized carbons (Fsp3) is 0.312. The molecule has 0 saturated heterocycles. The minimum atomic E-state index is -3.82. The van der Waals surface area contributed by atoms with Crippen LogP contribution < -0.4 is 9.94 Å². The summed E-state index contributed by atoms with van der Waals surface area (Å²) in [5, 5.41) is 9.27. The highest BCUT2D eigenvalue weighted by molar-refractivity contribution is 7.89. The van der Waals surface area contributed by atoms with Crippen LogP contribution in [0.1, 0.15) is 17.4 Å². The molecule has 0 atom stereocenters. The Morgan fingerprint density at radius 3 is 2.78 bits per heavy atom. The van der Waals surface area contributed by atoms with Gasteiger partial charge in [0, 0.05) is 26.4 Å². The number of amides is 1. The summed E-state index contributed by atoms with van der Waals surface area (Å²) in [5.74, 6) is -0.473. The molecular weight excluding hydrogens is 390 g/mol. The zero-order chi connectivity index (χ0) is 19.6. The van der Waals surface area contributed by atoms with Gasteiger partial charge in [-0.05, 0) is 31.2 Å². The lowest BCUT2D eigenvalue weighted by atomic mass is 10.3. The zero-order valence-electron chi connectivity index (χ0n) is 14.8. The predicted octanol–water partition coefficient (Wildman–Crippen LogP) is 0.861. The number of ether oxygens (including phenoxy) is 1. The summed E-state index contributed by atoms with van der Waals surface area (Å²) in [6.45, 7) is 3.36. The van der Waals surface area contributed by atoms with Crippen LogP contribution in [0.4, 0.5) is 0 Å². The van der Waals surface area contributed by atoms with E-state index in [-0.39, 0.29) is 10.6 Å². The predicted molar refractivity (Wildman–Crippen MR) is 101 cm³/mol. The fourth-order valence-corrected chi connectivity index (χ4v) is 4.21. The molecule has 0 fully saturated rings.